The van der Waals surface area contributed by atoms with Gasteiger partial charge in [-0.05, 0) is 50.1 Å². The van der Waals surface area contributed by atoms with E-state index in [9.17, 15) is 4.79 Å². The Labute approximate surface area is 135 Å². The first kappa shape index (κ1) is 15.2. The predicted molar refractivity (Wildman–Crippen MR) is 89.3 cm³/mol. The number of ether oxygens (including phenoxy) is 1. The number of benzene rings is 2. The summed E-state index contributed by atoms with van der Waals surface area (Å²) >= 11 is 0. The number of carbonyl (C=O) groups is 1. The lowest BCUT2D eigenvalue weighted by Gasteiger charge is -2.10. The Balaban J connectivity index is 1.81. The summed E-state index contributed by atoms with van der Waals surface area (Å²) in [5, 5.41) is 0. The van der Waals surface area contributed by atoms with Crippen molar-refractivity contribution >= 4 is 17.0 Å². The molecule has 0 saturated carbocycles. The van der Waals surface area contributed by atoms with Gasteiger partial charge in [-0.1, -0.05) is 24.3 Å². The van der Waals surface area contributed by atoms with E-state index in [1.807, 2.05) is 57.2 Å². The van der Waals surface area contributed by atoms with Crippen LogP contribution in [0, 0.1) is 20.8 Å². The minimum atomic E-state index is -0.333. The summed E-state index contributed by atoms with van der Waals surface area (Å²) < 4.78 is 5.44. The maximum absolute atomic E-state index is 12.3. The number of aryl methyl sites for hydroxylation is 2. The van der Waals surface area contributed by atoms with Crippen LogP contribution in [0.4, 0.5) is 0 Å². The van der Waals surface area contributed by atoms with Gasteiger partial charge in [0.05, 0.1) is 28.0 Å². The highest BCUT2D eigenvalue weighted by molar-refractivity contribution is 5.91. The fourth-order valence-corrected chi connectivity index (χ4v) is 2.45. The number of hydrogen-bond acceptors (Lipinski definition) is 4. The van der Waals surface area contributed by atoms with E-state index in [0.717, 1.165) is 27.9 Å². The molecule has 0 fully saturated rings. The fraction of sp³-hybridized carbons (Fsp3) is 0.211. The number of carbonyl (C=O) groups excluding carboxylic acids is 1. The SMILES string of the molecule is Cc1cccc(C(=O)OCc2nc3ccccc3nc2C)c1C. The Hall–Kier alpha value is -2.75. The number of rotatable bonds is 3. The van der Waals surface area contributed by atoms with Gasteiger partial charge in [0.15, 0.2) is 0 Å². The van der Waals surface area contributed by atoms with E-state index in [4.69, 9.17) is 4.74 Å². The fourth-order valence-electron chi connectivity index (χ4n) is 2.45. The van der Waals surface area contributed by atoms with Gasteiger partial charge in [-0.15, -0.1) is 0 Å². The van der Waals surface area contributed by atoms with Gasteiger partial charge in [0.2, 0.25) is 0 Å². The number of fused-ring (bicyclic) bond motifs is 1. The standard InChI is InChI=1S/C19H18N2O2/c1-12-7-6-8-15(13(12)2)19(22)23-11-18-14(3)20-16-9-4-5-10-17(16)21-18/h4-10H,11H2,1-3H3. The number of aromatic nitrogens is 2. The third-order valence-corrected chi connectivity index (χ3v) is 4.01. The predicted octanol–water partition coefficient (Wildman–Crippen LogP) is 3.91. The summed E-state index contributed by atoms with van der Waals surface area (Å²) in [6.45, 7) is 5.90. The summed E-state index contributed by atoms with van der Waals surface area (Å²) in [6.07, 6.45) is 0. The third kappa shape index (κ3) is 3.06. The van der Waals surface area contributed by atoms with Crippen molar-refractivity contribution in [3.05, 3.63) is 70.5 Å². The highest BCUT2D eigenvalue weighted by Gasteiger charge is 2.13. The third-order valence-electron chi connectivity index (χ3n) is 4.01. The van der Waals surface area contributed by atoms with E-state index in [2.05, 4.69) is 9.97 Å². The first-order valence-electron chi connectivity index (χ1n) is 7.52. The summed E-state index contributed by atoms with van der Waals surface area (Å²) in [4.78, 5) is 21.3. The Morgan fingerprint density at radius 2 is 1.65 bits per heavy atom. The summed E-state index contributed by atoms with van der Waals surface area (Å²) in [6, 6.07) is 13.3. The van der Waals surface area contributed by atoms with Crippen molar-refractivity contribution in [2.24, 2.45) is 0 Å². The van der Waals surface area contributed by atoms with Crippen LogP contribution in [0.5, 0.6) is 0 Å². The maximum atomic E-state index is 12.3. The molecule has 1 heterocycles. The first-order valence-corrected chi connectivity index (χ1v) is 7.52. The molecule has 0 N–H and O–H groups in total. The number of esters is 1. The molecule has 3 rings (SSSR count). The van der Waals surface area contributed by atoms with Gasteiger partial charge in [-0.3, -0.25) is 0 Å². The largest absolute Gasteiger partial charge is 0.455 e. The van der Waals surface area contributed by atoms with E-state index in [0.29, 0.717) is 11.3 Å². The van der Waals surface area contributed by atoms with Gasteiger partial charge in [0.25, 0.3) is 0 Å². The van der Waals surface area contributed by atoms with Gasteiger partial charge in [-0.25, -0.2) is 14.8 Å². The van der Waals surface area contributed by atoms with Crippen molar-refractivity contribution in [2.75, 3.05) is 0 Å². The molecule has 0 saturated heterocycles. The van der Waals surface area contributed by atoms with Crippen LogP contribution in [-0.4, -0.2) is 15.9 Å². The minimum absolute atomic E-state index is 0.121. The van der Waals surface area contributed by atoms with Crippen molar-refractivity contribution in [2.45, 2.75) is 27.4 Å². The van der Waals surface area contributed by atoms with E-state index in [1.165, 1.54) is 0 Å². The zero-order chi connectivity index (χ0) is 16.4. The molecule has 3 aromatic rings. The Morgan fingerprint density at radius 1 is 0.957 bits per heavy atom. The number of nitrogens with zero attached hydrogens (tertiary/aromatic N) is 2. The molecule has 4 nitrogen and oxygen atoms in total. The zero-order valence-electron chi connectivity index (χ0n) is 13.5. The summed E-state index contributed by atoms with van der Waals surface area (Å²) in [5.41, 5.74) is 5.71. The van der Waals surface area contributed by atoms with Crippen LogP contribution in [-0.2, 0) is 11.3 Å². The van der Waals surface area contributed by atoms with Crippen LogP contribution in [0.15, 0.2) is 42.5 Å². The lowest BCUT2D eigenvalue weighted by Crippen LogP contribution is -2.10. The normalized spacial score (nSPS) is 10.7. The molecular formula is C19H18N2O2. The highest BCUT2D eigenvalue weighted by Crippen LogP contribution is 2.16. The molecule has 2 aromatic carbocycles. The van der Waals surface area contributed by atoms with Crippen molar-refractivity contribution in [3.8, 4) is 0 Å². The van der Waals surface area contributed by atoms with Crippen molar-refractivity contribution in [1.29, 1.82) is 0 Å². The van der Waals surface area contributed by atoms with E-state index < -0.39 is 0 Å². The molecule has 1 aromatic heterocycles. The minimum Gasteiger partial charge on any atom is -0.455 e. The number of para-hydroxylation sites is 2. The van der Waals surface area contributed by atoms with E-state index >= 15 is 0 Å². The molecule has 23 heavy (non-hydrogen) atoms. The molecule has 0 radical (unpaired) electrons. The second-order valence-electron chi connectivity index (χ2n) is 5.57. The van der Waals surface area contributed by atoms with Crippen LogP contribution in [0.25, 0.3) is 11.0 Å². The molecule has 0 spiro atoms. The van der Waals surface area contributed by atoms with Crippen LogP contribution >= 0.6 is 0 Å². The molecule has 0 unspecified atom stereocenters. The summed E-state index contributed by atoms with van der Waals surface area (Å²) in [7, 11) is 0. The van der Waals surface area contributed by atoms with Crippen LogP contribution < -0.4 is 0 Å². The Morgan fingerprint density at radius 3 is 2.39 bits per heavy atom. The highest BCUT2D eigenvalue weighted by atomic mass is 16.5. The average Bonchev–Trinajstić information content (AvgIpc) is 2.55. The van der Waals surface area contributed by atoms with E-state index in [-0.39, 0.29) is 12.6 Å². The van der Waals surface area contributed by atoms with Crippen molar-refractivity contribution < 1.29 is 9.53 Å². The van der Waals surface area contributed by atoms with Gasteiger partial charge in [-0.2, -0.15) is 0 Å². The zero-order valence-corrected chi connectivity index (χ0v) is 13.5. The molecular weight excluding hydrogens is 288 g/mol. The Kier molecular flexibility index (Phi) is 4.06. The lowest BCUT2D eigenvalue weighted by molar-refractivity contribution is 0.0466. The molecule has 0 bridgehead atoms. The van der Waals surface area contributed by atoms with Gasteiger partial charge >= 0.3 is 5.97 Å². The van der Waals surface area contributed by atoms with Gasteiger partial charge in [0, 0.05) is 0 Å². The monoisotopic (exact) mass is 306 g/mol. The van der Waals surface area contributed by atoms with Crippen LogP contribution in [0.1, 0.15) is 32.9 Å². The molecule has 0 aliphatic rings. The smallest absolute Gasteiger partial charge is 0.338 e. The van der Waals surface area contributed by atoms with Crippen LogP contribution in [0.3, 0.4) is 0 Å². The van der Waals surface area contributed by atoms with E-state index in [1.54, 1.807) is 6.07 Å². The van der Waals surface area contributed by atoms with Crippen LogP contribution in [0.2, 0.25) is 0 Å². The second-order valence-corrected chi connectivity index (χ2v) is 5.57. The molecule has 4 heteroatoms. The number of hydrogen-bond donors (Lipinski definition) is 0. The molecule has 0 atom stereocenters. The molecule has 0 aliphatic carbocycles. The first-order chi connectivity index (χ1) is 11.1. The molecule has 116 valence electrons. The van der Waals surface area contributed by atoms with Gasteiger partial charge < -0.3 is 4.74 Å². The molecule has 0 amide bonds. The summed E-state index contributed by atoms with van der Waals surface area (Å²) in [5.74, 6) is -0.333. The lowest BCUT2D eigenvalue weighted by atomic mass is 10.0. The van der Waals surface area contributed by atoms with Crippen molar-refractivity contribution in [3.63, 3.8) is 0 Å². The average molecular weight is 306 g/mol. The Bertz CT molecular complexity index is 888. The van der Waals surface area contributed by atoms with Gasteiger partial charge in [0.1, 0.15) is 6.61 Å². The quantitative estimate of drug-likeness (QED) is 0.688. The topological polar surface area (TPSA) is 52.1 Å². The maximum Gasteiger partial charge on any atom is 0.338 e. The molecule has 0 aliphatic heterocycles. The second kappa shape index (κ2) is 6.16. The van der Waals surface area contributed by atoms with Crippen molar-refractivity contribution in [1.82, 2.24) is 9.97 Å².